The Bertz CT molecular complexity index is 2350. The lowest BCUT2D eigenvalue weighted by Crippen LogP contribution is -2.59. The van der Waals surface area contributed by atoms with Crippen molar-refractivity contribution < 1.29 is 42.2 Å². The predicted octanol–water partition coefficient (Wildman–Crippen LogP) is 5.76. The first-order chi connectivity index (χ1) is 31.2. The lowest BCUT2D eigenvalue weighted by Gasteiger charge is -2.35. The molecule has 0 unspecified atom stereocenters. The maximum absolute atomic E-state index is 15.0. The van der Waals surface area contributed by atoms with Crippen LogP contribution in [0.5, 0.6) is 11.5 Å². The van der Waals surface area contributed by atoms with Crippen LogP contribution in [-0.4, -0.2) is 136 Å². The minimum absolute atomic E-state index is 0.0288. The summed E-state index contributed by atoms with van der Waals surface area (Å²) in [5.41, 5.74) is 1.16. The van der Waals surface area contributed by atoms with Gasteiger partial charge in [0.1, 0.15) is 41.4 Å². The van der Waals surface area contributed by atoms with Crippen molar-refractivity contribution in [1.82, 2.24) is 39.4 Å². The fraction of sp³-hybridized carbons (Fsp3) is 0.609. The number of carbonyl (C=O) groups excluding carboxylic acids is 3. The van der Waals surface area contributed by atoms with Gasteiger partial charge in [-0.25, -0.2) is 19.6 Å². The van der Waals surface area contributed by atoms with Crippen molar-refractivity contribution in [3.63, 3.8) is 0 Å². The molecule has 0 radical (unpaired) electrons. The zero-order valence-corrected chi connectivity index (χ0v) is 41.0. The molecule has 18 nitrogen and oxygen atoms in total. The number of benzene rings is 1. The third-order valence-electron chi connectivity index (χ3n) is 12.2. The number of anilines is 1. The standard InChI is InChI=1S/C46H67N9O9S2/c1-28(2)47-45-51-37(27-65-45)36-24-39(32-19-18-30(63-8)22-35(32)48-36)64-31-23-38-41(56)49-34(43(58)59)17-15-13-11-9-10-12-14-16-33(42(57)54(38)25-31)50-44(60)52-40(46(5,6)7)26-53-20-21-55(29(3)4)66(53,61)62/h11,13,18-19,22,24,27-29,31,33-34,38,40H,9-10,12,14-17,20-21,23,25-26H2,1-8H3,(H,47,51)(H,49,56)(H,58,59)(H2,50,52,60)/t31-,33+,34+,38+,40-/m1/s1. The third-order valence-corrected chi connectivity index (χ3v) is 15.1. The summed E-state index contributed by atoms with van der Waals surface area (Å²) in [6.45, 7) is 14.0. The summed E-state index contributed by atoms with van der Waals surface area (Å²) in [7, 11) is -2.18. The Balaban J connectivity index is 1.31. The topological polar surface area (TPSA) is 225 Å². The minimum Gasteiger partial charge on any atom is -0.497 e. The number of ether oxygens (including phenoxy) is 2. The first-order valence-corrected chi connectivity index (χ1v) is 25.2. The number of thiazole rings is 1. The fourth-order valence-corrected chi connectivity index (χ4v) is 11.1. The number of allylic oxidation sites excluding steroid dienone is 2. The van der Waals surface area contributed by atoms with Crippen LogP contribution in [0.15, 0.2) is 41.8 Å². The number of carboxylic acid groups (broad SMARTS) is 1. The van der Waals surface area contributed by atoms with E-state index in [0.717, 1.165) is 24.4 Å². The average Bonchev–Trinajstić information content (AvgIpc) is 3.97. The molecule has 3 aliphatic heterocycles. The molecule has 66 heavy (non-hydrogen) atoms. The van der Waals surface area contributed by atoms with Crippen molar-refractivity contribution in [2.75, 3.05) is 38.6 Å². The molecule has 0 aliphatic carbocycles. The normalized spacial score (nSPS) is 23.2. The van der Waals surface area contributed by atoms with Crippen LogP contribution < -0.4 is 30.7 Å². The van der Waals surface area contributed by atoms with Crippen molar-refractivity contribution in [2.24, 2.45) is 5.41 Å². The summed E-state index contributed by atoms with van der Waals surface area (Å²) in [6, 6.07) is 2.44. The molecule has 1 aromatic carbocycles. The average molecular weight is 954 g/mol. The van der Waals surface area contributed by atoms with E-state index in [-0.39, 0.29) is 51.0 Å². The SMILES string of the molecule is COc1ccc2c(O[C@@H]3C[C@H]4C(=O)N[C@H](C(=O)O)CCC=CCCCCC[C@H](NC(=O)N[C@H](CN5CCN(C(C)C)S5(=O)=O)C(C)(C)C)C(=O)N4C3)cc(-c3csc(NC(C)C)n3)nc2c1. The Morgan fingerprint density at radius 2 is 1.76 bits per heavy atom. The summed E-state index contributed by atoms with van der Waals surface area (Å²) in [5, 5.41) is 25.4. The van der Waals surface area contributed by atoms with E-state index in [1.165, 1.54) is 24.8 Å². The van der Waals surface area contributed by atoms with Crippen molar-refractivity contribution >= 4 is 61.4 Å². The van der Waals surface area contributed by atoms with Crippen molar-refractivity contribution in [2.45, 2.75) is 142 Å². The molecular weight excluding hydrogens is 887 g/mol. The molecule has 0 saturated carbocycles. The van der Waals surface area contributed by atoms with Crippen molar-refractivity contribution in [1.29, 1.82) is 0 Å². The molecule has 3 aromatic rings. The molecule has 5 atom stereocenters. The second-order valence-electron chi connectivity index (χ2n) is 19.0. The second kappa shape index (κ2) is 21.7. The summed E-state index contributed by atoms with van der Waals surface area (Å²) >= 11 is 1.45. The lowest BCUT2D eigenvalue weighted by atomic mass is 9.86. The summed E-state index contributed by atoms with van der Waals surface area (Å²) < 4.78 is 42.0. The minimum atomic E-state index is -3.75. The molecule has 2 aromatic heterocycles. The predicted molar refractivity (Wildman–Crippen MR) is 255 cm³/mol. The molecule has 2 fully saturated rings. The van der Waals surface area contributed by atoms with Gasteiger partial charge in [0.15, 0.2) is 5.13 Å². The number of methoxy groups -OCH3 is 1. The molecule has 2 saturated heterocycles. The number of amides is 4. The number of urea groups is 1. The summed E-state index contributed by atoms with van der Waals surface area (Å²) in [6.07, 6.45) is 7.00. The van der Waals surface area contributed by atoms with Gasteiger partial charge in [0, 0.05) is 67.1 Å². The molecular formula is C46H67N9O9S2. The Labute approximate surface area is 392 Å². The van der Waals surface area contributed by atoms with E-state index in [1.807, 2.05) is 72.1 Å². The van der Waals surface area contributed by atoms with Crippen molar-refractivity contribution in [3.8, 4) is 22.9 Å². The smallest absolute Gasteiger partial charge is 0.326 e. The Kier molecular flexibility index (Phi) is 16.6. The molecule has 3 aliphatic rings. The maximum Gasteiger partial charge on any atom is 0.326 e. The highest BCUT2D eigenvalue weighted by Gasteiger charge is 2.45. The molecule has 0 bridgehead atoms. The van der Waals surface area contributed by atoms with Crippen LogP contribution in [0.2, 0.25) is 0 Å². The van der Waals surface area contributed by atoms with Crippen LogP contribution in [0, 0.1) is 5.41 Å². The number of hydrogen-bond donors (Lipinski definition) is 5. The number of aromatic nitrogens is 2. The first kappa shape index (κ1) is 50.4. The van der Waals surface area contributed by atoms with Gasteiger partial charge in [-0.05, 0) is 77.3 Å². The van der Waals surface area contributed by atoms with Gasteiger partial charge < -0.3 is 40.7 Å². The summed E-state index contributed by atoms with van der Waals surface area (Å²) in [4.78, 5) is 66.8. The largest absolute Gasteiger partial charge is 0.497 e. The molecule has 5 N–H and O–H groups in total. The zero-order chi connectivity index (χ0) is 47.9. The molecule has 0 spiro atoms. The van der Waals surface area contributed by atoms with E-state index in [2.05, 4.69) is 21.3 Å². The number of carboxylic acids is 1. The first-order valence-electron chi connectivity index (χ1n) is 23.0. The highest BCUT2D eigenvalue weighted by molar-refractivity contribution is 7.87. The van der Waals surface area contributed by atoms with Gasteiger partial charge in [0.05, 0.1) is 24.9 Å². The number of nitrogens with one attached hydrogen (secondary N) is 4. The van der Waals surface area contributed by atoms with Crippen LogP contribution in [0.25, 0.3) is 22.3 Å². The third kappa shape index (κ3) is 12.5. The van der Waals surface area contributed by atoms with E-state index in [9.17, 15) is 32.7 Å². The number of rotatable bonds is 12. The lowest BCUT2D eigenvalue weighted by molar-refractivity contribution is -0.144. The zero-order valence-electron chi connectivity index (χ0n) is 39.3. The van der Waals surface area contributed by atoms with Gasteiger partial charge in [-0.1, -0.05) is 45.8 Å². The highest BCUT2D eigenvalue weighted by atomic mass is 32.2. The Morgan fingerprint density at radius 1 is 1.00 bits per heavy atom. The van der Waals surface area contributed by atoms with Gasteiger partial charge in [-0.2, -0.15) is 17.0 Å². The molecule has 20 heteroatoms. The molecule has 6 rings (SSSR count). The van der Waals surface area contributed by atoms with E-state index in [1.54, 1.807) is 25.3 Å². The molecule has 362 valence electrons. The fourth-order valence-electron chi connectivity index (χ4n) is 8.46. The van der Waals surface area contributed by atoms with Crippen LogP contribution in [-0.2, 0) is 24.6 Å². The molecule has 5 heterocycles. The van der Waals surface area contributed by atoms with Crippen molar-refractivity contribution in [3.05, 3.63) is 41.8 Å². The Morgan fingerprint density at radius 3 is 2.44 bits per heavy atom. The van der Waals surface area contributed by atoms with Gasteiger partial charge in [-0.3, -0.25) is 9.59 Å². The number of hydrogen-bond acceptors (Lipinski definition) is 12. The van der Waals surface area contributed by atoms with Crippen LogP contribution in [0.1, 0.15) is 99.8 Å². The highest BCUT2D eigenvalue weighted by Crippen LogP contribution is 2.36. The van der Waals surface area contributed by atoms with Crippen LogP contribution in [0.4, 0.5) is 9.93 Å². The number of nitrogens with zero attached hydrogens (tertiary/aromatic N) is 5. The Hall–Kier alpha value is -5.05. The maximum atomic E-state index is 15.0. The van der Waals surface area contributed by atoms with E-state index >= 15 is 0 Å². The second-order valence-corrected chi connectivity index (χ2v) is 21.7. The van der Waals surface area contributed by atoms with Crippen LogP contribution in [0.3, 0.4) is 0 Å². The van der Waals surface area contributed by atoms with E-state index < -0.39 is 69.7 Å². The monoisotopic (exact) mass is 953 g/mol. The van der Waals surface area contributed by atoms with Crippen LogP contribution >= 0.6 is 11.3 Å². The van der Waals surface area contributed by atoms with E-state index in [4.69, 9.17) is 19.4 Å². The molecule has 4 amide bonds. The number of pyridine rings is 1. The number of fused-ring (bicyclic) bond motifs is 2. The van der Waals surface area contributed by atoms with Gasteiger partial charge in [0.2, 0.25) is 11.8 Å². The quantitative estimate of drug-likeness (QED) is 0.137. The van der Waals surface area contributed by atoms with Gasteiger partial charge >= 0.3 is 12.0 Å². The number of aliphatic carboxylic acids is 1. The number of carbonyl (C=O) groups is 4. The van der Waals surface area contributed by atoms with E-state index in [0.29, 0.717) is 53.2 Å². The van der Waals surface area contributed by atoms with Gasteiger partial charge in [-0.15, -0.1) is 11.3 Å². The summed E-state index contributed by atoms with van der Waals surface area (Å²) in [5.74, 6) is -1.33. The van der Waals surface area contributed by atoms with Gasteiger partial charge in [0.25, 0.3) is 10.2 Å².